The monoisotopic (exact) mass is 377 g/mol. The molecule has 1 heterocycles. The average Bonchev–Trinajstić information content (AvgIpc) is 3.61. The highest BCUT2D eigenvalue weighted by molar-refractivity contribution is 5.97. The maximum atomic E-state index is 12.8. The summed E-state index contributed by atoms with van der Waals surface area (Å²) in [6.07, 6.45) is 7.79. The van der Waals surface area contributed by atoms with Crippen molar-refractivity contribution < 1.29 is 4.79 Å². The van der Waals surface area contributed by atoms with Crippen LogP contribution >= 0.6 is 0 Å². The van der Waals surface area contributed by atoms with Crippen molar-refractivity contribution in [2.45, 2.75) is 63.3 Å². The van der Waals surface area contributed by atoms with E-state index in [0.29, 0.717) is 23.3 Å². The second-order valence-corrected chi connectivity index (χ2v) is 8.67. The molecule has 2 aromatic rings. The molecular weight excluding hydrogens is 350 g/mol. The summed E-state index contributed by atoms with van der Waals surface area (Å²) < 4.78 is 0. The zero-order valence-electron chi connectivity index (χ0n) is 16.2. The minimum atomic E-state index is -0.0659. The second kappa shape index (κ2) is 7.28. The molecule has 1 aromatic carbocycles. The maximum Gasteiger partial charge on any atom is 0.254 e. The number of aromatic amines is 1. The van der Waals surface area contributed by atoms with E-state index in [2.05, 4.69) is 21.4 Å². The predicted octanol–water partition coefficient (Wildman–Crippen LogP) is 2.93. The molecule has 0 amide bonds. The lowest BCUT2D eigenvalue weighted by Gasteiger charge is -2.14. The standard InChI is InChI=1S/C23H27N3O2/c27-21(12-22-25-19-7-2-1-6-17(19)23(28)26-22)16-5-3-4-15(10-16)18-11-20(18)24-13-14-8-9-14/h3-5,10,14,18,20,24H,1-2,6-9,11-13H2,(H,25,26,28). The van der Waals surface area contributed by atoms with E-state index in [1.165, 1.54) is 18.4 Å². The third-order valence-electron chi connectivity index (χ3n) is 6.36. The Kier molecular flexibility index (Phi) is 4.63. The summed E-state index contributed by atoms with van der Waals surface area (Å²) in [5.74, 6) is 1.92. The molecular formula is C23H27N3O2. The second-order valence-electron chi connectivity index (χ2n) is 8.67. The van der Waals surface area contributed by atoms with Gasteiger partial charge < -0.3 is 10.3 Å². The number of rotatable bonds is 7. The number of aromatic nitrogens is 2. The highest BCUT2D eigenvalue weighted by Crippen LogP contribution is 2.41. The van der Waals surface area contributed by atoms with Gasteiger partial charge >= 0.3 is 0 Å². The van der Waals surface area contributed by atoms with Gasteiger partial charge in [0.15, 0.2) is 5.78 Å². The number of hydrogen-bond acceptors (Lipinski definition) is 4. The van der Waals surface area contributed by atoms with Crippen molar-refractivity contribution in [1.29, 1.82) is 0 Å². The Morgan fingerprint density at radius 1 is 1.21 bits per heavy atom. The van der Waals surface area contributed by atoms with Gasteiger partial charge in [0, 0.05) is 23.1 Å². The molecule has 146 valence electrons. The molecule has 3 aliphatic carbocycles. The number of carbonyl (C=O) groups is 1. The summed E-state index contributed by atoms with van der Waals surface area (Å²) >= 11 is 0. The van der Waals surface area contributed by atoms with Crippen molar-refractivity contribution in [3.8, 4) is 0 Å². The molecule has 0 bridgehead atoms. The Balaban J connectivity index is 1.27. The quantitative estimate of drug-likeness (QED) is 0.728. The number of Topliss-reactive ketones (excluding diaryl/α,β-unsaturated/α-hetero) is 1. The van der Waals surface area contributed by atoms with Crippen LogP contribution in [0, 0.1) is 5.92 Å². The SMILES string of the molecule is O=C(Cc1nc2c(c(=O)[nH]1)CCCC2)c1cccc(C2CC2NCC2CC2)c1. The number of nitrogens with zero attached hydrogens (tertiary/aromatic N) is 1. The molecule has 2 unspecified atom stereocenters. The summed E-state index contributed by atoms with van der Waals surface area (Å²) in [4.78, 5) is 32.5. The van der Waals surface area contributed by atoms with Gasteiger partial charge in [-0.2, -0.15) is 0 Å². The van der Waals surface area contributed by atoms with Crippen molar-refractivity contribution in [1.82, 2.24) is 15.3 Å². The van der Waals surface area contributed by atoms with Crippen LogP contribution in [0.4, 0.5) is 0 Å². The lowest BCUT2D eigenvalue weighted by atomic mass is 9.97. The molecule has 5 heteroatoms. The molecule has 3 aliphatic rings. The first-order valence-electron chi connectivity index (χ1n) is 10.6. The number of fused-ring (bicyclic) bond motifs is 1. The highest BCUT2D eigenvalue weighted by Gasteiger charge is 2.39. The Bertz CT molecular complexity index is 961. The van der Waals surface area contributed by atoms with Crippen molar-refractivity contribution in [3.05, 3.63) is 62.8 Å². The van der Waals surface area contributed by atoms with Gasteiger partial charge in [-0.05, 0) is 69.0 Å². The van der Waals surface area contributed by atoms with Gasteiger partial charge in [-0.3, -0.25) is 9.59 Å². The molecule has 28 heavy (non-hydrogen) atoms. The fourth-order valence-corrected chi connectivity index (χ4v) is 4.36. The molecule has 1 aromatic heterocycles. The minimum Gasteiger partial charge on any atom is -0.313 e. The predicted molar refractivity (Wildman–Crippen MR) is 108 cm³/mol. The maximum absolute atomic E-state index is 12.8. The first-order chi connectivity index (χ1) is 13.7. The molecule has 5 rings (SSSR count). The summed E-state index contributed by atoms with van der Waals surface area (Å²) in [6, 6.07) is 8.56. The molecule has 2 fully saturated rings. The average molecular weight is 377 g/mol. The van der Waals surface area contributed by atoms with Crippen LogP contribution in [0.1, 0.15) is 71.0 Å². The van der Waals surface area contributed by atoms with Gasteiger partial charge in [-0.25, -0.2) is 4.98 Å². The van der Waals surface area contributed by atoms with Crippen LogP contribution in [0.25, 0.3) is 0 Å². The molecule has 0 saturated heterocycles. The van der Waals surface area contributed by atoms with Gasteiger partial charge in [-0.15, -0.1) is 0 Å². The van der Waals surface area contributed by atoms with Crippen molar-refractivity contribution in [2.24, 2.45) is 5.92 Å². The molecule has 5 nitrogen and oxygen atoms in total. The Morgan fingerprint density at radius 3 is 2.93 bits per heavy atom. The number of aryl methyl sites for hydroxylation is 1. The van der Waals surface area contributed by atoms with Gasteiger partial charge in [0.1, 0.15) is 5.82 Å². The number of nitrogens with one attached hydrogen (secondary N) is 2. The van der Waals surface area contributed by atoms with Crippen LogP contribution < -0.4 is 10.9 Å². The van der Waals surface area contributed by atoms with E-state index in [0.717, 1.165) is 55.8 Å². The fraction of sp³-hybridized carbons (Fsp3) is 0.522. The smallest absolute Gasteiger partial charge is 0.254 e. The first-order valence-corrected chi connectivity index (χ1v) is 10.6. The van der Waals surface area contributed by atoms with E-state index in [-0.39, 0.29) is 17.8 Å². The minimum absolute atomic E-state index is 0.0175. The van der Waals surface area contributed by atoms with Gasteiger partial charge in [0.05, 0.1) is 12.1 Å². The molecule has 0 spiro atoms. The Hall–Kier alpha value is -2.27. The van der Waals surface area contributed by atoms with Crippen LogP contribution in [0.5, 0.6) is 0 Å². The van der Waals surface area contributed by atoms with Crippen LogP contribution in [0.15, 0.2) is 29.1 Å². The lowest BCUT2D eigenvalue weighted by molar-refractivity contribution is 0.0990. The molecule has 2 saturated carbocycles. The summed E-state index contributed by atoms with van der Waals surface area (Å²) in [6.45, 7) is 1.14. The van der Waals surface area contributed by atoms with Crippen molar-refractivity contribution in [3.63, 3.8) is 0 Å². The lowest BCUT2D eigenvalue weighted by Crippen LogP contribution is -2.24. The van der Waals surface area contributed by atoms with E-state index in [1.54, 1.807) is 0 Å². The highest BCUT2D eigenvalue weighted by atomic mass is 16.1. The van der Waals surface area contributed by atoms with E-state index in [4.69, 9.17) is 0 Å². The largest absolute Gasteiger partial charge is 0.313 e. The molecule has 0 radical (unpaired) electrons. The van der Waals surface area contributed by atoms with E-state index < -0.39 is 0 Å². The Morgan fingerprint density at radius 2 is 2.07 bits per heavy atom. The number of H-pyrrole nitrogens is 1. The third-order valence-corrected chi connectivity index (χ3v) is 6.36. The van der Waals surface area contributed by atoms with Crippen LogP contribution in [-0.4, -0.2) is 28.3 Å². The van der Waals surface area contributed by atoms with Gasteiger partial charge in [0.25, 0.3) is 5.56 Å². The van der Waals surface area contributed by atoms with Gasteiger partial charge in [-0.1, -0.05) is 18.2 Å². The van der Waals surface area contributed by atoms with Crippen LogP contribution in [-0.2, 0) is 19.3 Å². The summed E-state index contributed by atoms with van der Waals surface area (Å²) in [5.41, 5.74) is 3.58. The van der Waals surface area contributed by atoms with Crippen molar-refractivity contribution in [2.75, 3.05) is 6.54 Å². The number of carbonyl (C=O) groups excluding carboxylic acids is 1. The van der Waals surface area contributed by atoms with Gasteiger partial charge in [0.2, 0.25) is 0 Å². The van der Waals surface area contributed by atoms with Crippen LogP contribution in [0.2, 0.25) is 0 Å². The third kappa shape index (κ3) is 3.81. The summed E-state index contributed by atoms with van der Waals surface area (Å²) in [5, 5.41) is 3.66. The van der Waals surface area contributed by atoms with E-state index in [9.17, 15) is 9.59 Å². The topological polar surface area (TPSA) is 74.8 Å². The van der Waals surface area contributed by atoms with Crippen LogP contribution in [0.3, 0.4) is 0 Å². The number of ketones is 1. The zero-order chi connectivity index (χ0) is 19.1. The zero-order valence-corrected chi connectivity index (χ0v) is 16.2. The van der Waals surface area contributed by atoms with Crippen molar-refractivity contribution >= 4 is 5.78 Å². The Labute approximate surface area is 165 Å². The normalized spacial score (nSPS) is 23.3. The molecule has 0 aliphatic heterocycles. The molecule has 2 N–H and O–H groups in total. The molecule has 2 atom stereocenters. The first kappa shape index (κ1) is 17.8. The fourth-order valence-electron chi connectivity index (χ4n) is 4.36. The number of benzene rings is 1. The van der Waals surface area contributed by atoms with E-state index in [1.807, 2.05) is 18.2 Å². The summed E-state index contributed by atoms with van der Waals surface area (Å²) in [7, 11) is 0. The van der Waals surface area contributed by atoms with E-state index >= 15 is 0 Å². The number of hydrogen-bond donors (Lipinski definition) is 2.